The quantitative estimate of drug-likeness (QED) is 0.327. The minimum Gasteiger partial charge on any atom is -0.451 e. The third kappa shape index (κ3) is 5.31. The summed E-state index contributed by atoms with van der Waals surface area (Å²) in [7, 11) is 0. The fraction of sp³-hybridized carbons (Fsp3) is 0.0400. The molecular weight excluding hydrogens is 456 g/mol. The van der Waals surface area contributed by atoms with Gasteiger partial charge in [-0.25, -0.2) is 9.48 Å². The molecule has 0 saturated heterocycles. The van der Waals surface area contributed by atoms with Crippen molar-refractivity contribution in [2.75, 3.05) is 6.61 Å². The highest BCUT2D eigenvalue weighted by molar-refractivity contribution is 6.33. The second kappa shape index (κ2) is 10.5. The minimum absolute atomic E-state index is 0.151. The van der Waals surface area contributed by atoms with E-state index < -0.39 is 24.4 Å². The van der Waals surface area contributed by atoms with Crippen LogP contribution in [-0.4, -0.2) is 34.2 Å². The number of benzene rings is 3. The summed E-state index contributed by atoms with van der Waals surface area (Å²) in [6.07, 6.45) is 0. The number of hydrogen-bond acceptors (Lipinski definition) is 5. The largest absolute Gasteiger partial charge is 0.451 e. The average Bonchev–Trinajstić information content (AvgIpc) is 3.33. The van der Waals surface area contributed by atoms with Gasteiger partial charge in [0.25, 0.3) is 11.8 Å². The fourth-order valence-electron chi connectivity index (χ4n) is 3.12. The van der Waals surface area contributed by atoms with Crippen molar-refractivity contribution in [3.05, 3.63) is 107 Å². The van der Waals surface area contributed by atoms with Gasteiger partial charge in [-0.3, -0.25) is 20.4 Å². The van der Waals surface area contributed by atoms with Crippen molar-refractivity contribution >= 4 is 29.4 Å². The maximum Gasteiger partial charge on any atom is 0.357 e. The summed E-state index contributed by atoms with van der Waals surface area (Å²) < 4.78 is 6.63. The number of hydrogen-bond donors (Lipinski definition) is 2. The first-order valence-corrected chi connectivity index (χ1v) is 10.6. The van der Waals surface area contributed by atoms with Crippen LogP contribution in [0.5, 0.6) is 0 Å². The van der Waals surface area contributed by atoms with Gasteiger partial charge in [-0.05, 0) is 30.3 Å². The molecule has 0 spiro atoms. The zero-order valence-electron chi connectivity index (χ0n) is 17.8. The van der Waals surface area contributed by atoms with Gasteiger partial charge in [-0.15, -0.1) is 0 Å². The molecule has 0 aliphatic carbocycles. The van der Waals surface area contributed by atoms with Crippen molar-refractivity contribution < 1.29 is 19.1 Å². The smallest absolute Gasteiger partial charge is 0.357 e. The van der Waals surface area contributed by atoms with Gasteiger partial charge in [0.1, 0.15) is 0 Å². The molecule has 0 radical (unpaired) electrons. The van der Waals surface area contributed by atoms with E-state index in [1.54, 1.807) is 36.4 Å². The summed E-state index contributed by atoms with van der Waals surface area (Å²) >= 11 is 5.97. The van der Waals surface area contributed by atoms with Gasteiger partial charge in [-0.2, -0.15) is 5.10 Å². The first-order chi connectivity index (χ1) is 16.5. The predicted octanol–water partition coefficient (Wildman–Crippen LogP) is 3.81. The number of aromatic nitrogens is 2. The summed E-state index contributed by atoms with van der Waals surface area (Å²) in [6, 6.07) is 26.5. The standard InChI is InChI=1S/C25H19ClN4O4/c26-20-14-8-7-13-19(20)24(32)28-27-23(31)16-34-25(33)22-15-21(17-9-3-1-4-10-17)29-30(22)18-11-5-2-6-12-18/h1-15H,16H2,(H,27,31)(H,28,32). The SMILES string of the molecule is O=C(COC(=O)c1cc(-c2ccccc2)nn1-c1ccccc1)NNC(=O)c1ccccc1Cl. The monoisotopic (exact) mass is 474 g/mol. The molecule has 0 aliphatic heterocycles. The molecule has 3 aromatic carbocycles. The normalized spacial score (nSPS) is 10.4. The predicted molar refractivity (Wildman–Crippen MR) is 126 cm³/mol. The van der Waals surface area contributed by atoms with Crippen LogP contribution in [0, 0.1) is 0 Å². The minimum atomic E-state index is -0.744. The van der Waals surface area contributed by atoms with Crippen LogP contribution in [0.15, 0.2) is 91.0 Å². The molecule has 0 atom stereocenters. The van der Waals surface area contributed by atoms with E-state index in [0.29, 0.717) is 11.4 Å². The number of amides is 2. The summed E-state index contributed by atoms with van der Waals surface area (Å²) in [5.41, 5.74) is 6.84. The van der Waals surface area contributed by atoms with Crippen LogP contribution in [-0.2, 0) is 9.53 Å². The van der Waals surface area contributed by atoms with E-state index in [2.05, 4.69) is 16.0 Å². The molecule has 2 amide bonds. The second-order valence-electron chi connectivity index (χ2n) is 7.09. The Morgan fingerprint density at radius 2 is 1.50 bits per heavy atom. The Bertz CT molecular complexity index is 1320. The van der Waals surface area contributed by atoms with E-state index in [4.69, 9.17) is 16.3 Å². The maximum absolute atomic E-state index is 12.8. The van der Waals surface area contributed by atoms with Gasteiger partial charge >= 0.3 is 5.97 Å². The highest BCUT2D eigenvalue weighted by atomic mass is 35.5. The Morgan fingerprint density at radius 3 is 2.21 bits per heavy atom. The van der Waals surface area contributed by atoms with E-state index in [0.717, 1.165) is 5.56 Å². The lowest BCUT2D eigenvalue weighted by atomic mass is 10.1. The molecule has 0 bridgehead atoms. The van der Waals surface area contributed by atoms with Gasteiger partial charge in [0.2, 0.25) is 0 Å². The molecule has 8 nitrogen and oxygen atoms in total. The Labute approximate surface area is 200 Å². The lowest BCUT2D eigenvalue weighted by Crippen LogP contribution is -2.43. The molecule has 34 heavy (non-hydrogen) atoms. The summed E-state index contributed by atoms with van der Waals surface area (Å²) in [6.45, 7) is -0.609. The number of ether oxygens (including phenoxy) is 1. The molecule has 0 unspecified atom stereocenters. The first kappa shape index (κ1) is 22.8. The molecule has 0 fully saturated rings. The zero-order chi connectivity index (χ0) is 23.9. The van der Waals surface area contributed by atoms with Gasteiger partial charge in [0.15, 0.2) is 12.3 Å². The highest BCUT2D eigenvalue weighted by Crippen LogP contribution is 2.22. The van der Waals surface area contributed by atoms with Crippen LogP contribution in [0.25, 0.3) is 16.9 Å². The molecular formula is C25H19ClN4O4. The summed E-state index contributed by atoms with van der Waals surface area (Å²) in [5.74, 6) is -2.06. The highest BCUT2D eigenvalue weighted by Gasteiger charge is 2.20. The van der Waals surface area contributed by atoms with Crippen molar-refractivity contribution in [1.29, 1.82) is 0 Å². The number of rotatable bonds is 6. The molecule has 0 saturated carbocycles. The number of nitrogens with one attached hydrogen (secondary N) is 2. The summed E-state index contributed by atoms with van der Waals surface area (Å²) in [4.78, 5) is 37.1. The van der Waals surface area contributed by atoms with Crippen LogP contribution < -0.4 is 10.9 Å². The fourth-order valence-corrected chi connectivity index (χ4v) is 3.34. The molecule has 170 valence electrons. The van der Waals surface area contributed by atoms with Crippen molar-refractivity contribution in [3.63, 3.8) is 0 Å². The molecule has 9 heteroatoms. The van der Waals surface area contributed by atoms with E-state index >= 15 is 0 Å². The Hall–Kier alpha value is -4.43. The lowest BCUT2D eigenvalue weighted by molar-refractivity contribution is -0.125. The van der Waals surface area contributed by atoms with Gasteiger partial charge in [0, 0.05) is 5.56 Å². The number of carbonyl (C=O) groups is 3. The molecule has 1 heterocycles. The topological polar surface area (TPSA) is 102 Å². The van der Waals surface area contributed by atoms with Crippen LogP contribution in [0.2, 0.25) is 5.02 Å². The van der Waals surface area contributed by atoms with Crippen molar-refractivity contribution in [1.82, 2.24) is 20.6 Å². The lowest BCUT2D eigenvalue weighted by Gasteiger charge is -2.10. The van der Waals surface area contributed by atoms with E-state index in [1.807, 2.05) is 48.5 Å². The number of para-hydroxylation sites is 1. The average molecular weight is 475 g/mol. The maximum atomic E-state index is 12.8. The van der Waals surface area contributed by atoms with Crippen LogP contribution in [0.4, 0.5) is 0 Å². The second-order valence-corrected chi connectivity index (χ2v) is 7.49. The van der Waals surface area contributed by atoms with Crippen LogP contribution in [0.1, 0.15) is 20.8 Å². The Kier molecular flexibility index (Phi) is 7.00. The Balaban J connectivity index is 1.44. The molecule has 0 aliphatic rings. The van der Waals surface area contributed by atoms with Gasteiger partial charge < -0.3 is 4.74 Å². The molecule has 2 N–H and O–H groups in total. The van der Waals surface area contributed by atoms with Crippen LogP contribution in [0.3, 0.4) is 0 Å². The number of halogens is 1. The van der Waals surface area contributed by atoms with E-state index in [1.165, 1.54) is 10.7 Å². The summed E-state index contributed by atoms with van der Waals surface area (Å²) in [5, 5.41) is 4.79. The van der Waals surface area contributed by atoms with Crippen molar-refractivity contribution in [2.24, 2.45) is 0 Å². The zero-order valence-corrected chi connectivity index (χ0v) is 18.5. The van der Waals surface area contributed by atoms with Gasteiger partial charge in [0.05, 0.1) is 22.0 Å². The van der Waals surface area contributed by atoms with E-state index in [-0.39, 0.29) is 16.3 Å². The molecule has 4 aromatic rings. The van der Waals surface area contributed by atoms with Crippen molar-refractivity contribution in [3.8, 4) is 16.9 Å². The number of esters is 1. The van der Waals surface area contributed by atoms with Crippen molar-refractivity contribution in [2.45, 2.75) is 0 Å². The molecule has 1 aromatic heterocycles. The third-order valence-electron chi connectivity index (χ3n) is 4.76. The first-order valence-electron chi connectivity index (χ1n) is 10.2. The number of carbonyl (C=O) groups excluding carboxylic acids is 3. The third-order valence-corrected chi connectivity index (χ3v) is 5.09. The number of nitrogens with zero attached hydrogens (tertiary/aromatic N) is 2. The number of hydrazine groups is 1. The van der Waals surface area contributed by atoms with Gasteiger partial charge in [-0.1, -0.05) is 72.3 Å². The van der Waals surface area contributed by atoms with E-state index in [9.17, 15) is 14.4 Å². The Morgan fingerprint density at radius 1 is 0.853 bits per heavy atom. The van der Waals surface area contributed by atoms with Crippen LogP contribution >= 0.6 is 11.6 Å². The molecule has 4 rings (SSSR count).